The highest BCUT2D eigenvalue weighted by atomic mass is 16.3. The minimum atomic E-state index is 0.139. The van der Waals surface area contributed by atoms with Gasteiger partial charge in [-0.05, 0) is 12.1 Å². The first-order chi connectivity index (χ1) is 6.31. The molecule has 1 aromatic carbocycles. The van der Waals surface area contributed by atoms with Gasteiger partial charge in [0.15, 0.2) is 0 Å². The third-order valence-corrected chi connectivity index (χ3v) is 1.81. The molecule has 0 aliphatic carbocycles. The van der Waals surface area contributed by atoms with E-state index in [0.717, 1.165) is 0 Å². The van der Waals surface area contributed by atoms with Crippen molar-refractivity contribution in [1.29, 1.82) is 0 Å². The lowest BCUT2D eigenvalue weighted by atomic mass is 10.2. The number of benzene rings is 1. The smallest absolute Gasteiger partial charge is 0.143 e. The quantitative estimate of drug-likeness (QED) is 0.672. The monoisotopic (exact) mass is 175 g/mol. The van der Waals surface area contributed by atoms with E-state index in [-0.39, 0.29) is 5.75 Å². The number of nitrogens with zero attached hydrogens (tertiary/aromatic N) is 2. The molecule has 2 aromatic rings. The normalized spacial score (nSPS) is 10.5. The van der Waals surface area contributed by atoms with Crippen molar-refractivity contribution < 1.29 is 5.11 Å². The summed E-state index contributed by atoms with van der Waals surface area (Å²) in [6.45, 7) is 0.331. The molecule has 0 atom stereocenters. The highest BCUT2D eigenvalue weighted by molar-refractivity contribution is 5.80. The van der Waals surface area contributed by atoms with Gasteiger partial charge in [0.2, 0.25) is 0 Å². The lowest BCUT2D eigenvalue weighted by Crippen LogP contribution is -2.00. The lowest BCUT2D eigenvalue weighted by molar-refractivity contribution is 0.480. The molecule has 1 aromatic heterocycles. The number of hydrogen-bond acceptors (Lipinski definition) is 4. The van der Waals surface area contributed by atoms with Gasteiger partial charge in [-0.25, -0.2) is 4.98 Å². The zero-order valence-corrected chi connectivity index (χ0v) is 6.94. The van der Waals surface area contributed by atoms with Gasteiger partial charge in [-0.15, -0.1) is 0 Å². The van der Waals surface area contributed by atoms with Crippen LogP contribution < -0.4 is 5.73 Å². The van der Waals surface area contributed by atoms with Crippen molar-refractivity contribution in [2.75, 3.05) is 0 Å². The van der Waals surface area contributed by atoms with Crippen LogP contribution in [0.5, 0.6) is 5.75 Å². The average molecular weight is 175 g/mol. The molecular weight excluding hydrogens is 166 g/mol. The van der Waals surface area contributed by atoms with E-state index in [0.29, 0.717) is 23.3 Å². The van der Waals surface area contributed by atoms with Gasteiger partial charge in [-0.2, -0.15) is 0 Å². The molecule has 3 N–H and O–H groups in total. The van der Waals surface area contributed by atoms with E-state index in [4.69, 9.17) is 5.73 Å². The minimum absolute atomic E-state index is 0.139. The highest BCUT2D eigenvalue weighted by Gasteiger charge is 2.01. The maximum absolute atomic E-state index is 9.45. The van der Waals surface area contributed by atoms with Crippen molar-refractivity contribution >= 4 is 11.0 Å². The van der Waals surface area contributed by atoms with Crippen molar-refractivity contribution in [3.8, 4) is 5.75 Å². The first-order valence-electron chi connectivity index (χ1n) is 3.95. The first kappa shape index (κ1) is 7.94. The molecule has 0 aliphatic heterocycles. The number of nitrogens with two attached hydrogens (primary N) is 1. The molecule has 13 heavy (non-hydrogen) atoms. The molecule has 0 saturated heterocycles. The summed E-state index contributed by atoms with van der Waals surface area (Å²) in [5.41, 5.74) is 7.26. The molecular formula is C9H9N3O. The van der Waals surface area contributed by atoms with E-state index in [1.807, 2.05) is 0 Å². The van der Waals surface area contributed by atoms with Crippen LogP contribution >= 0.6 is 0 Å². The summed E-state index contributed by atoms with van der Waals surface area (Å²) in [6.07, 6.45) is 1.61. The Morgan fingerprint density at radius 1 is 1.38 bits per heavy atom. The van der Waals surface area contributed by atoms with E-state index >= 15 is 0 Å². The Morgan fingerprint density at radius 2 is 2.23 bits per heavy atom. The van der Waals surface area contributed by atoms with Gasteiger partial charge in [-0.3, -0.25) is 4.98 Å². The van der Waals surface area contributed by atoms with Gasteiger partial charge in [0, 0.05) is 6.54 Å². The number of phenols is 1. The lowest BCUT2D eigenvalue weighted by Gasteiger charge is -2.00. The first-order valence-corrected chi connectivity index (χ1v) is 3.95. The molecule has 4 nitrogen and oxygen atoms in total. The molecule has 66 valence electrons. The van der Waals surface area contributed by atoms with Gasteiger partial charge in [0.1, 0.15) is 11.3 Å². The van der Waals surface area contributed by atoms with Crippen LogP contribution in [0.3, 0.4) is 0 Å². The second kappa shape index (κ2) is 2.99. The van der Waals surface area contributed by atoms with Gasteiger partial charge in [-0.1, -0.05) is 6.07 Å². The fourth-order valence-electron chi connectivity index (χ4n) is 1.15. The maximum Gasteiger partial charge on any atom is 0.143 e. The summed E-state index contributed by atoms with van der Waals surface area (Å²) >= 11 is 0. The van der Waals surface area contributed by atoms with Gasteiger partial charge < -0.3 is 10.8 Å². The second-order valence-electron chi connectivity index (χ2n) is 2.71. The number of fused-ring (bicyclic) bond motifs is 1. The van der Waals surface area contributed by atoms with Crippen molar-refractivity contribution in [2.24, 2.45) is 5.73 Å². The summed E-state index contributed by atoms with van der Waals surface area (Å²) < 4.78 is 0. The summed E-state index contributed by atoms with van der Waals surface area (Å²) in [4.78, 5) is 8.27. The van der Waals surface area contributed by atoms with Crippen LogP contribution in [0.15, 0.2) is 24.4 Å². The Morgan fingerprint density at radius 3 is 3.00 bits per heavy atom. The molecule has 1 heterocycles. The molecule has 2 rings (SSSR count). The highest BCUT2D eigenvalue weighted by Crippen LogP contribution is 2.19. The molecule has 0 amide bonds. The zero-order chi connectivity index (χ0) is 9.26. The molecule has 0 saturated carbocycles. The number of aromatic nitrogens is 2. The third-order valence-electron chi connectivity index (χ3n) is 1.81. The summed E-state index contributed by atoms with van der Waals surface area (Å²) in [7, 11) is 0. The number of para-hydroxylation sites is 1. The second-order valence-corrected chi connectivity index (χ2v) is 2.71. The van der Waals surface area contributed by atoms with Gasteiger partial charge >= 0.3 is 0 Å². The molecule has 0 bridgehead atoms. The van der Waals surface area contributed by atoms with Crippen LogP contribution in [0, 0.1) is 0 Å². The van der Waals surface area contributed by atoms with Crippen molar-refractivity contribution in [3.63, 3.8) is 0 Å². The Balaban J connectivity index is 2.74. The summed E-state index contributed by atoms with van der Waals surface area (Å²) in [5.74, 6) is 0.139. The third kappa shape index (κ3) is 1.31. The predicted octanol–water partition coefficient (Wildman–Crippen LogP) is 0.794. The summed E-state index contributed by atoms with van der Waals surface area (Å²) in [5, 5.41) is 9.45. The minimum Gasteiger partial charge on any atom is -0.506 e. The van der Waals surface area contributed by atoms with E-state index in [9.17, 15) is 5.11 Å². The maximum atomic E-state index is 9.45. The number of phenolic OH excluding ortho intramolecular Hbond substituents is 1. The van der Waals surface area contributed by atoms with Crippen LogP contribution in [0.1, 0.15) is 5.69 Å². The molecule has 0 fully saturated rings. The van der Waals surface area contributed by atoms with E-state index in [2.05, 4.69) is 9.97 Å². The Kier molecular flexibility index (Phi) is 1.83. The number of rotatable bonds is 1. The van der Waals surface area contributed by atoms with Crippen molar-refractivity contribution in [1.82, 2.24) is 9.97 Å². The SMILES string of the molecule is NCc1cnc2cccc(O)c2n1. The molecule has 0 spiro atoms. The van der Waals surface area contributed by atoms with E-state index in [1.165, 1.54) is 0 Å². The van der Waals surface area contributed by atoms with E-state index in [1.54, 1.807) is 24.4 Å². The standard InChI is InChI=1S/C9H9N3O/c10-4-6-5-11-7-2-1-3-8(13)9(7)12-6/h1-3,5,13H,4,10H2. The van der Waals surface area contributed by atoms with Crippen LogP contribution in [0.4, 0.5) is 0 Å². The van der Waals surface area contributed by atoms with Crippen LogP contribution in [-0.4, -0.2) is 15.1 Å². The predicted molar refractivity (Wildman–Crippen MR) is 49.1 cm³/mol. The topological polar surface area (TPSA) is 72.0 Å². The Hall–Kier alpha value is -1.68. The Labute approximate surface area is 75.1 Å². The zero-order valence-electron chi connectivity index (χ0n) is 6.94. The molecule has 4 heteroatoms. The Bertz CT molecular complexity index is 442. The van der Waals surface area contributed by atoms with Crippen LogP contribution in [-0.2, 0) is 6.54 Å². The van der Waals surface area contributed by atoms with Gasteiger partial charge in [0.05, 0.1) is 17.4 Å². The van der Waals surface area contributed by atoms with Crippen LogP contribution in [0.2, 0.25) is 0 Å². The number of aromatic hydroxyl groups is 1. The van der Waals surface area contributed by atoms with E-state index < -0.39 is 0 Å². The fraction of sp³-hybridized carbons (Fsp3) is 0.111. The fourth-order valence-corrected chi connectivity index (χ4v) is 1.15. The molecule has 0 unspecified atom stereocenters. The summed E-state index contributed by atoms with van der Waals surface area (Å²) in [6, 6.07) is 5.11. The van der Waals surface area contributed by atoms with Gasteiger partial charge in [0.25, 0.3) is 0 Å². The average Bonchev–Trinajstić information content (AvgIpc) is 2.18. The largest absolute Gasteiger partial charge is 0.506 e. The van der Waals surface area contributed by atoms with Crippen molar-refractivity contribution in [2.45, 2.75) is 6.54 Å². The number of hydrogen-bond donors (Lipinski definition) is 2. The molecule has 0 radical (unpaired) electrons. The van der Waals surface area contributed by atoms with Crippen LogP contribution in [0.25, 0.3) is 11.0 Å². The molecule has 0 aliphatic rings. The van der Waals surface area contributed by atoms with Crippen molar-refractivity contribution in [3.05, 3.63) is 30.1 Å².